The molecule has 1 spiro atoms. The molecule has 1 aromatic carbocycles. The molecule has 0 radical (unpaired) electrons. The number of carbonyl (C=O) groups excluding carboxylic acids is 2. The molecule has 2 aliphatic heterocycles. The van der Waals surface area contributed by atoms with Crippen molar-refractivity contribution in [3.05, 3.63) is 65.5 Å². The summed E-state index contributed by atoms with van der Waals surface area (Å²) in [5, 5.41) is 2.90. The van der Waals surface area contributed by atoms with Gasteiger partial charge in [0.2, 0.25) is 10.0 Å². The fraction of sp³-hybridized carbons (Fsp3) is 0.594. The van der Waals surface area contributed by atoms with Gasteiger partial charge in [0.15, 0.2) is 0 Å². The molecule has 1 N–H and O–H groups in total. The van der Waals surface area contributed by atoms with Crippen molar-refractivity contribution >= 4 is 22.0 Å². The van der Waals surface area contributed by atoms with Gasteiger partial charge in [-0.05, 0) is 84.5 Å². The summed E-state index contributed by atoms with van der Waals surface area (Å²) >= 11 is 0. The van der Waals surface area contributed by atoms with Crippen LogP contribution in [0.15, 0.2) is 48.8 Å². The number of benzene rings is 1. The summed E-state index contributed by atoms with van der Waals surface area (Å²) in [4.78, 5) is 32.6. The number of nitrogens with one attached hydrogen (secondary N) is 1. The average Bonchev–Trinajstić information content (AvgIpc) is 3.59. The molecule has 9 heteroatoms. The number of aryl methyl sites for hydroxylation is 1. The normalized spacial score (nSPS) is 32.0. The zero-order chi connectivity index (χ0) is 28.6. The summed E-state index contributed by atoms with van der Waals surface area (Å²) in [5.74, 6) is 0.0197. The number of pyridine rings is 1. The first kappa shape index (κ1) is 27.1. The Morgan fingerprint density at radius 1 is 1.02 bits per heavy atom. The first-order chi connectivity index (χ1) is 19.6. The molecule has 2 aromatic rings. The topological polar surface area (TPSA) is 99.7 Å². The van der Waals surface area contributed by atoms with Crippen LogP contribution in [0, 0.1) is 16.7 Å². The Bertz CT molecular complexity index is 1480. The number of nitrogens with zero attached hydrogens (tertiary/aromatic N) is 3. The van der Waals surface area contributed by atoms with Crippen LogP contribution in [0.2, 0.25) is 0 Å². The number of amides is 3. The Hall–Kier alpha value is -2.78. The zero-order valence-corrected chi connectivity index (χ0v) is 24.8. The Balaban J connectivity index is 1.12. The number of fused-ring (bicyclic) bond motifs is 4. The summed E-state index contributed by atoms with van der Waals surface area (Å²) in [6.45, 7) is 5.37. The van der Waals surface area contributed by atoms with E-state index >= 15 is 0 Å². The molecule has 3 heterocycles. The number of aromatic nitrogens is 1. The first-order valence-electron chi connectivity index (χ1n) is 15.2. The molecule has 2 bridgehead atoms. The second-order valence-corrected chi connectivity index (χ2v) is 15.7. The van der Waals surface area contributed by atoms with Gasteiger partial charge < -0.3 is 5.32 Å². The number of rotatable bonds is 6. The van der Waals surface area contributed by atoms with E-state index in [1.165, 1.54) is 16.0 Å². The number of sulfonamides is 1. The van der Waals surface area contributed by atoms with Crippen LogP contribution >= 0.6 is 0 Å². The van der Waals surface area contributed by atoms with E-state index in [-0.39, 0.29) is 28.4 Å². The van der Waals surface area contributed by atoms with Gasteiger partial charge >= 0.3 is 6.03 Å². The van der Waals surface area contributed by atoms with Gasteiger partial charge in [-0.1, -0.05) is 44.2 Å². The summed E-state index contributed by atoms with van der Waals surface area (Å²) in [5.41, 5.74) is 2.82. The number of carbonyl (C=O) groups is 2. The van der Waals surface area contributed by atoms with Crippen molar-refractivity contribution in [2.75, 3.05) is 18.8 Å². The number of hydrogen-bond acceptors (Lipinski definition) is 5. The summed E-state index contributed by atoms with van der Waals surface area (Å²) < 4.78 is 30.1. The van der Waals surface area contributed by atoms with Crippen LogP contribution in [0.1, 0.15) is 69.1 Å². The Labute approximate surface area is 242 Å². The molecule has 5 aliphatic rings. The van der Waals surface area contributed by atoms with Crippen LogP contribution in [-0.4, -0.2) is 65.5 Å². The van der Waals surface area contributed by atoms with Gasteiger partial charge in [0.1, 0.15) is 6.04 Å². The van der Waals surface area contributed by atoms with Crippen molar-refractivity contribution in [2.45, 2.75) is 82.7 Å². The molecule has 41 heavy (non-hydrogen) atoms. The van der Waals surface area contributed by atoms with Gasteiger partial charge in [0, 0.05) is 43.4 Å². The van der Waals surface area contributed by atoms with E-state index in [0.29, 0.717) is 32.4 Å². The zero-order valence-electron chi connectivity index (χ0n) is 24.0. The highest BCUT2D eigenvalue weighted by atomic mass is 32.2. The SMILES string of the molecule is CC1(C)[C@@H]2CC[C@@]1(CS(=O)(=O)N1CCC3(CCc4ccccc43)CC1)[C@@H](N1C(=O)NC(Cc3cccnc3)C1=O)C2. The Morgan fingerprint density at radius 3 is 2.54 bits per heavy atom. The Kier molecular flexibility index (Phi) is 6.18. The third-order valence-corrected chi connectivity index (χ3v) is 13.9. The molecule has 218 valence electrons. The lowest BCUT2D eigenvalue weighted by molar-refractivity contribution is -0.131. The third-order valence-electron chi connectivity index (χ3n) is 11.9. The van der Waals surface area contributed by atoms with Crippen molar-refractivity contribution in [3.8, 4) is 0 Å². The fourth-order valence-corrected chi connectivity index (χ4v) is 11.6. The maximum Gasteiger partial charge on any atom is 0.325 e. The lowest BCUT2D eigenvalue weighted by Crippen LogP contribution is -2.56. The highest BCUT2D eigenvalue weighted by molar-refractivity contribution is 7.89. The summed E-state index contributed by atoms with van der Waals surface area (Å²) in [6.07, 6.45) is 9.92. The number of hydrogen-bond donors (Lipinski definition) is 1. The average molecular weight is 577 g/mol. The largest absolute Gasteiger partial charge is 0.325 e. The smallest absolute Gasteiger partial charge is 0.325 e. The predicted molar refractivity (Wildman–Crippen MR) is 155 cm³/mol. The Morgan fingerprint density at radius 2 is 1.80 bits per heavy atom. The fourth-order valence-electron chi connectivity index (χ4n) is 9.36. The van der Waals surface area contributed by atoms with Crippen LogP contribution < -0.4 is 5.32 Å². The van der Waals surface area contributed by atoms with Crippen LogP contribution in [0.3, 0.4) is 0 Å². The quantitative estimate of drug-likeness (QED) is 0.523. The van der Waals surface area contributed by atoms with Crippen molar-refractivity contribution < 1.29 is 18.0 Å². The van der Waals surface area contributed by atoms with Crippen molar-refractivity contribution in [3.63, 3.8) is 0 Å². The minimum atomic E-state index is -3.61. The number of urea groups is 1. The molecule has 4 atom stereocenters. The highest BCUT2D eigenvalue weighted by Gasteiger charge is 2.69. The van der Waals surface area contributed by atoms with Gasteiger partial charge in [-0.15, -0.1) is 0 Å². The monoisotopic (exact) mass is 576 g/mol. The van der Waals surface area contributed by atoms with Crippen LogP contribution in [0.4, 0.5) is 4.79 Å². The molecule has 2 saturated carbocycles. The molecular weight excluding hydrogens is 536 g/mol. The predicted octanol–water partition coefficient (Wildman–Crippen LogP) is 4.05. The maximum atomic E-state index is 14.2. The summed E-state index contributed by atoms with van der Waals surface area (Å²) in [6, 6.07) is 10.9. The molecule has 1 aromatic heterocycles. The van der Waals surface area contributed by atoms with E-state index in [1.54, 1.807) is 16.7 Å². The standard InChI is InChI=1S/C32H40N4O4S/c1-30(2)24-10-12-32(30,27(19-24)36-28(37)26(34-29(36)38)18-22-6-5-15-33-20-22)21-41(39,40)35-16-13-31(14-17-35)11-9-23-7-3-4-8-25(23)31/h3-8,15,20,24,26-27H,9-14,16-19,21H2,1-2H3,(H,34,38)/t24-,26?,27+,32-/m1/s1. The molecule has 1 unspecified atom stereocenters. The number of imide groups is 1. The molecule has 3 aliphatic carbocycles. The maximum absolute atomic E-state index is 14.2. The molecule has 4 fully saturated rings. The van der Waals surface area contributed by atoms with Crippen LogP contribution in [0.5, 0.6) is 0 Å². The van der Waals surface area contributed by atoms with E-state index < -0.39 is 33.6 Å². The van der Waals surface area contributed by atoms with Gasteiger partial charge in [-0.25, -0.2) is 17.5 Å². The lowest BCUT2D eigenvalue weighted by Gasteiger charge is -2.46. The minimum Gasteiger partial charge on any atom is -0.325 e. The van der Waals surface area contributed by atoms with E-state index in [9.17, 15) is 18.0 Å². The van der Waals surface area contributed by atoms with E-state index in [2.05, 4.69) is 48.4 Å². The van der Waals surface area contributed by atoms with Crippen LogP contribution in [0.25, 0.3) is 0 Å². The van der Waals surface area contributed by atoms with E-state index in [1.807, 2.05) is 12.1 Å². The first-order valence-corrected chi connectivity index (χ1v) is 16.8. The van der Waals surface area contributed by atoms with Gasteiger partial charge in [-0.3, -0.25) is 14.7 Å². The van der Waals surface area contributed by atoms with Gasteiger partial charge in [0.05, 0.1) is 5.75 Å². The molecule has 3 amide bonds. The van der Waals surface area contributed by atoms with Crippen molar-refractivity contribution in [1.82, 2.24) is 19.5 Å². The van der Waals surface area contributed by atoms with E-state index in [4.69, 9.17) is 0 Å². The summed E-state index contributed by atoms with van der Waals surface area (Å²) in [7, 11) is -3.61. The molecule has 8 nitrogen and oxygen atoms in total. The lowest BCUT2D eigenvalue weighted by atomic mass is 9.68. The molecule has 7 rings (SSSR count). The second-order valence-electron chi connectivity index (χ2n) is 13.7. The van der Waals surface area contributed by atoms with Gasteiger partial charge in [-0.2, -0.15) is 0 Å². The highest BCUT2D eigenvalue weighted by Crippen LogP contribution is 2.67. The second kappa shape index (κ2) is 9.36. The van der Waals surface area contributed by atoms with Crippen LogP contribution in [-0.2, 0) is 33.1 Å². The molecular formula is C32H40N4O4S. The van der Waals surface area contributed by atoms with Crippen molar-refractivity contribution in [1.29, 1.82) is 0 Å². The third kappa shape index (κ3) is 4.02. The van der Waals surface area contributed by atoms with Gasteiger partial charge in [0.25, 0.3) is 5.91 Å². The van der Waals surface area contributed by atoms with Crippen molar-refractivity contribution in [2.24, 2.45) is 16.7 Å². The molecule has 2 saturated heterocycles. The van der Waals surface area contributed by atoms with E-state index in [0.717, 1.165) is 37.7 Å². The number of piperidine rings is 1. The minimum absolute atomic E-state index is 0.0118.